The maximum absolute atomic E-state index is 13.1. The minimum atomic E-state index is -4.95. The summed E-state index contributed by atoms with van der Waals surface area (Å²) < 4.78 is 77.8. The van der Waals surface area contributed by atoms with Crippen molar-refractivity contribution in [3.05, 3.63) is 53.7 Å². The number of hydrogen-bond donors (Lipinski definition) is 0. The average molecular weight is 315 g/mol. The summed E-state index contributed by atoms with van der Waals surface area (Å²) in [4.78, 5) is 3.42. The van der Waals surface area contributed by atoms with Gasteiger partial charge in [0.15, 0.2) is 0 Å². The van der Waals surface area contributed by atoms with Crippen LogP contribution in [0, 0.1) is 0 Å². The molecule has 7 heteroatoms. The number of aromatic nitrogens is 1. The average Bonchev–Trinajstić information content (AvgIpc) is 2.44. The Labute approximate surface area is 120 Å². The molecule has 0 spiro atoms. The summed E-state index contributed by atoms with van der Waals surface area (Å²) in [5.41, 5.74) is -3.19. The summed E-state index contributed by atoms with van der Waals surface area (Å²) in [6.07, 6.45) is -9.85. The summed E-state index contributed by atoms with van der Waals surface area (Å²) in [5, 5.41) is 0.422. The van der Waals surface area contributed by atoms with Gasteiger partial charge in [0.2, 0.25) is 0 Å². The van der Waals surface area contributed by atoms with Gasteiger partial charge in [-0.05, 0) is 11.5 Å². The van der Waals surface area contributed by atoms with Crippen molar-refractivity contribution in [1.82, 2.24) is 4.98 Å². The maximum Gasteiger partial charge on any atom is 0.433 e. The molecule has 1 aromatic heterocycles. The van der Waals surface area contributed by atoms with E-state index in [0.29, 0.717) is 5.39 Å². The molecule has 0 aliphatic carbocycles. The first-order chi connectivity index (χ1) is 10.2. The van der Waals surface area contributed by atoms with Crippen LogP contribution in [0.5, 0.6) is 0 Å². The molecule has 114 valence electrons. The number of nitrogens with zero attached hydrogens (tertiary/aromatic N) is 1. The number of benzene rings is 2. The van der Waals surface area contributed by atoms with Gasteiger partial charge in [0, 0.05) is 10.8 Å². The molecule has 0 radical (unpaired) electrons. The minimum Gasteiger partial charge on any atom is -0.243 e. The second kappa shape index (κ2) is 4.59. The maximum atomic E-state index is 13.1. The molecule has 0 atom stereocenters. The van der Waals surface area contributed by atoms with Crippen LogP contribution in [0.25, 0.3) is 21.7 Å². The molecule has 3 aromatic rings. The Bertz CT molecular complexity index is 863. The molecule has 0 amide bonds. The van der Waals surface area contributed by atoms with Gasteiger partial charge in [0.1, 0.15) is 5.69 Å². The van der Waals surface area contributed by atoms with Crippen molar-refractivity contribution in [3.8, 4) is 0 Å². The molecule has 0 N–H and O–H groups in total. The summed E-state index contributed by atoms with van der Waals surface area (Å²) in [7, 11) is 0. The molecule has 2 aromatic carbocycles. The molecule has 3 rings (SSSR count). The highest BCUT2D eigenvalue weighted by molar-refractivity contribution is 6.06. The Morgan fingerprint density at radius 2 is 1.41 bits per heavy atom. The van der Waals surface area contributed by atoms with Gasteiger partial charge < -0.3 is 0 Å². The zero-order valence-electron chi connectivity index (χ0n) is 10.8. The zero-order chi connectivity index (χ0) is 16.1. The molecule has 0 unspecified atom stereocenters. The quantitative estimate of drug-likeness (QED) is 0.398. The van der Waals surface area contributed by atoms with Crippen molar-refractivity contribution in [2.45, 2.75) is 12.4 Å². The van der Waals surface area contributed by atoms with Crippen LogP contribution in [0.15, 0.2) is 42.5 Å². The second-order valence-corrected chi connectivity index (χ2v) is 4.73. The van der Waals surface area contributed by atoms with Crippen molar-refractivity contribution in [3.63, 3.8) is 0 Å². The van der Waals surface area contributed by atoms with Crippen molar-refractivity contribution in [2.24, 2.45) is 0 Å². The van der Waals surface area contributed by atoms with Gasteiger partial charge in [0.25, 0.3) is 0 Å². The van der Waals surface area contributed by atoms with E-state index >= 15 is 0 Å². The molecule has 0 bridgehead atoms. The SMILES string of the molecule is FC(F)(F)c1cc(C(F)(F)F)c2ccc3ccccc3c2n1. The van der Waals surface area contributed by atoms with Gasteiger partial charge in [-0.15, -0.1) is 0 Å². The fourth-order valence-corrected chi connectivity index (χ4v) is 2.34. The highest BCUT2D eigenvalue weighted by Gasteiger charge is 2.39. The first kappa shape index (κ1) is 14.6. The fraction of sp³-hybridized carbons (Fsp3) is 0.133. The lowest BCUT2D eigenvalue weighted by molar-refractivity contribution is -0.144. The smallest absolute Gasteiger partial charge is 0.243 e. The van der Waals surface area contributed by atoms with Crippen LogP contribution in [-0.2, 0) is 12.4 Å². The zero-order valence-corrected chi connectivity index (χ0v) is 10.8. The number of halogens is 6. The normalized spacial score (nSPS) is 13.0. The monoisotopic (exact) mass is 315 g/mol. The Kier molecular flexibility index (Phi) is 3.05. The van der Waals surface area contributed by atoms with E-state index in [9.17, 15) is 26.3 Å². The molecule has 0 aliphatic rings. The number of hydrogen-bond acceptors (Lipinski definition) is 1. The van der Waals surface area contributed by atoms with Crippen molar-refractivity contribution in [2.75, 3.05) is 0 Å². The van der Waals surface area contributed by atoms with Gasteiger partial charge in [0.05, 0.1) is 11.1 Å². The van der Waals surface area contributed by atoms with E-state index < -0.39 is 23.6 Å². The lowest BCUT2D eigenvalue weighted by Gasteiger charge is -2.15. The van der Waals surface area contributed by atoms with Crippen molar-refractivity contribution in [1.29, 1.82) is 0 Å². The molecule has 0 aliphatic heterocycles. The number of alkyl halides is 6. The minimum absolute atomic E-state index is 0.0527. The van der Waals surface area contributed by atoms with E-state index in [1.807, 2.05) is 0 Å². The van der Waals surface area contributed by atoms with E-state index in [2.05, 4.69) is 4.98 Å². The Hall–Kier alpha value is -2.31. The van der Waals surface area contributed by atoms with Crippen LogP contribution in [0.1, 0.15) is 11.3 Å². The molecule has 0 saturated heterocycles. The third kappa shape index (κ3) is 2.36. The van der Waals surface area contributed by atoms with Gasteiger partial charge >= 0.3 is 12.4 Å². The molecule has 22 heavy (non-hydrogen) atoms. The lowest BCUT2D eigenvalue weighted by Crippen LogP contribution is -2.13. The highest BCUT2D eigenvalue weighted by atomic mass is 19.4. The van der Waals surface area contributed by atoms with Gasteiger partial charge in [-0.25, -0.2) is 4.98 Å². The number of pyridine rings is 1. The van der Waals surface area contributed by atoms with Crippen molar-refractivity contribution >= 4 is 21.7 Å². The predicted molar refractivity (Wildman–Crippen MR) is 69.3 cm³/mol. The predicted octanol–water partition coefficient (Wildman–Crippen LogP) is 5.43. The van der Waals surface area contributed by atoms with Gasteiger partial charge in [-0.2, -0.15) is 26.3 Å². The Morgan fingerprint density at radius 3 is 2.05 bits per heavy atom. The van der Waals surface area contributed by atoms with Gasteiger partial charge in [-0.3, -0.25) is 0 Å². The summed E-state index contributed by atoms with van der Waals surface area (Å²) in [6, 6.07) is 8.87. The molecule has 0 saturated carbocycles. The highest BCUT2D eigenvalue weighted by Crippen LogP contribution is 2.40. The summed E-state index contributed by atoms with van der Waals surface area (Å²) in [5.74, 6) is 0. The van der Waals surface area contributed by atoms with Crippen LogP contribution in [0.3, 0.4) is 0 Å². The summed E-state index contributed by atoms with van der Waals surface area (Å²) in [6.45, 7) is 0. The molecular formula is C15H7F6N. The van der Waals surface area contributed by atoms with E-state index in [1.165, 1.54) is 18.2 Å². The fourth-order valence-electron chi connectivity index (χ4n) is 2.34. The molecule has 1 heterocycles. The van der Waals surface area contributed by atoms with Crippen molar-refractivity contribution < 1.29 is 26.3 Å². The topological polar surface area (TPSA) is 12.9 Å². The van der Waals surface area contributed by atoms with Crippen LogP contribution in [0.2, 0.25) is 0 Å². The third-order valence-electron chi connectivity index (χ3n) is 3.30. The first-order valence-corrected chi connectivity index (χ1v) is 6.15. The first-order valence-electron chi connectivity index (χ1n) is 6.15. The third-order valence-corrected chi connectivity index (χ3v) is 3.30. The Morgan fingerprint density at radius 1 is 0.727 bits per heavy atom. The molecular weight excluding hydrogens is 308 g/mol. The molecule has 0 fully saturated rings. The summed E-state index contributed by atoms with van der Waals surface area (Å²) >= 11 is 0. The van der Waals surface area contributed by atoms with Crippen LogP contribution >= 0.6 is 0 Å². The van der Waals surface area contributed by atoms with Crippen LogP contribution < -0.4 is 0 Å². The van der Waals surface area contributed by atoms with Crippen LogP contribution in [-0.4, -0.2) is 4.98 Å². The number of fused-ring (bicyclic) bond motifs is 3. The second-order valence-electron chi connectivity index (χ2n) is 4.73. The molecule has 1 nitrogen and oxygen atoms in total. The standard InChI is InChI=1S/C15H7F6N/c16-14(17,18)11-7-12(15(19,20)21)22-13-9-4-2-1-3-8(9)5-6-10(11)13/h1-7H. The Balaban J connectivity index is 2.51. The number of rotatable bonds is 0. The largest absolute Gasteiger partial charge is 0.433 e. The van der Waals surface area contributed by atoms with E-state index in [0.717, 1.165) is 6.07 Å². The van der Waals surface area contributed by atoms with E-state index in [4.69, 9.17) is 0 Å². The van der Waals surface area contributed by atoms with Gasteiger partial charge in [-0.1, -0.05) is 36.4 Å². The lowest BCUT2D eigenvalue weighted by atomic mass is 10.0. The van der Waals surface area contributed by atoms with Crippen LogP contribution in [0.4, 0.5) is 26.3 Å². The van der Waals surface area contributed by atoms with E-state index in [1.54, 1.807) is 12.1 Å². The van der Waals surface area contributed by atoms with E-state index in [-0.39, 0.29) is 22.4 Å².